The van der Waals surface area contributed by atoms with Gasteiger partial charge in [-0.05, 0) is 31.9 Å². The van der Waals surface area contributed by atoms with Crippen molar-refractivity contribution in [3.05, 3.63) is 96.4 Å². The first-order valence-corrected chi connectivity index (χ1v) is 9.83. The van der Waals surface area contributed by atoms with E-state index in [1.807, 2.05) is 0 Å². The van der Waals surface area contributed by atoms with Gasteiger partial charge >= 0.3 is 0 Å². The van der Waals surface area contributed by atoms with Crippen molar-refractivity contribution >= 4 is 17.4 Å². The molecule has 0 atom stereocenters. The lowest BCUT2D eigenvalue weighted by Gasteiger charge is -2.09. The third-order valence-electron chi connectivity index (χ3n) is 4.41. The molecule has 1 heterocycles. The molecule has 0 aliphatic rings. The predicted octanol–water partition coefficient (Wildman–Crippen LogP) is 4.49. The van der Waals surface area contributed by atoms with Crippen LogP contribution in [-0.2, 0) is 12.2 Å². The number of nitrogens with one attached hydrogen (secondary N) is 1. The maximum atomic E-state index is 12.3. The van der Waals surface area contributed by atoms with E-state index in [9.17, 15) is 14.9 Å². The molecule has 3 aromatic rings. The highest BCUT2D eigenvalue weighted by atomic mass is 32.2. The van der Waals surface area contributed by atoms with Gasteiger partial charge in [0, 0.05) is 29.9 Å². The molecule has 6 nitrogen and oxygen atoms in total. The topological polar surface area (TPSA) is 88.9 Å². The number of non-ortho nitro benzene ring substituents is 1. The van der Waals surface area contributed by atoms with Crippen LogP contribution in [0.5, 0.6) is 0 Å². The molecule has 2 aromatic carbocycles. The molecule has 0 bridgehead atoms. The van der Waals surface area contributed by atoms with Crippen LogP contribution in [0.2, 0.25) is 0 Å². The molecule has 7 heteroatoms. The second-order valence-corrected chi connectivity index (χ2v) is 7.79. The zero-order valence-electron chi connectivity index (χ0n) is 16.0. The highest BCUT2D eigenvalue weighted by Crippen LogP contribution is 2.22. The summed E-state index contributed by atoms with van der Waals surface area (Å²) in [4.78, 5) is 30.1. The van der Waals surface area contributed by atoms with Gasteiger partial charge in [-0.2, -0.15) is 0 Å². The molecule has 0 unspecified atom stereocenters. The Bertz CT molecular complexity index is 1050. The fourth-order valence-electron chi connectivity index (χ4n) is 3.03. The van der Waals surface area contributed by atoms with Gasteiger partial charge in [-0.15, -0.1) is 0 Å². The third kappa shape index (κ3) is 4.86. The van der Waals surface area contributed by atoms with Gasteiger partial charge in [-0.3, -0.25) is 14.9 Å². The summed E-state index contributed by atoms with van der Waals surface area (Å²) in [7, 11) is 0. The first kappa shape index (κ1) is 19.8. The third-order valence-corrected chi connectivity index (χ3v) is 5.35. The Morgan fingerprint density at radius 1 is 1.04 bits per heavy atom. The number of aryl methyl sites for hydroxylation is 2. The van der Waals surface area contributed by atoms with Crippen LogP contribution in [0.15, 0.2) is 52.4 Å². The molecule has 28 heavy (non-hydrogen) atoms. The van der Waals surface area contributed by atoms with Gasteiger partial charge in [0.15, 0.2) is 5.16 Å². The van der Waals surface area contributed by atoms with Crippen molar-refractivity contribution in [2.45, 2.75) is 38.1 Å². The van der Waals surface area contributed by atoms with Crippen LogP contribution in [-0.4, -0.2) is 14.9 Å². The lowest BCUT2D eigenvalue weighted by Crippen LogP contribution is -2.16. The van der Waals surface area contributed by atoms with E-state index in [-0.39, 0.29) is 11.2 Å². The van der Waals surface area contributed by atoms with Crippen LogP contribution in [0, 0.1) is 30.9 Å². The van der Waals surface area contributed by atoms with Crippen molar-refractivity contribution in [2.75, 3.05) is 0 Å². The number of hydrogen-bond acceptors (Lipinski definition) is 5. The molecular weight excluding hydrogens is 374 g/mol. The molecule has 1 N–H and O–H groups in total. The zero-order chi connectivity index (χ0) is 20.3. The average molecular weight is 395 g/mol. The quantitative estimate of drug-likeness (QED) is 0.288. The lowest BCUT2D eigenvalue weighted by atomic mass is 10.0. The number of aromatic nitrogens is 2. The number of rotatable bonds is 6. The molecule has 0 aliphatic heterocycles. The van der Waals surface area contributed by atoms with E-state index in [0.717, 1.165) is 16.8 Å². The Balaban J connectivity index is 1.79. The minimum atomic E-state index is -0.421. The van der Waals surface area contributed by atoms with Crippen LogP contribution in [0.25, 0.3) is 0 Å². The van der Waals surface area contributed by atoms with Crippen molar-refractivity contribution in [2.24, 2.45) is 0 Å². The van der Waals surface area contributed by atoms with E-state index in [1.54, 1.807) is 19.1 Å². The van der Waals surface area contributed by atoms with E-state index >= 15 is 0 Å². The largest absolute Gasteiger partial charge is 0.301 e. The summed E-state index contributed by atoms with van der Waals surface area (Å²) in [6.07, 6.45) is 0.601. The van der Waals surface area contributed by atoms with E-state index < -0.39 is 4.92 Å². The second kappa shape index (κ2) is 8.39. The van der Waals surface area contributed by atoms with Crippen molar-refractivity contribution in [1.29, 1.82) is 0 Å². The van der Waals surface area contributed by atoms with Crippen LogP contribution in [0.1, 0.15) is 33.5 Å². The van der Waals surface area contributed by atoms with E-state index in [2.05, 4.69) is 42.0 Å². The molecular formula is C21H21N3O3S. The van der Waals surface area contributed by atoms with Crippen LogP contribution < -0.4 is 5.56 Å². The zero-order valence-corrected chi connectivity index (χ0v) is 16.8. The summed E-state index contributed by atoms with van der Waals surface area (Å²) in [6, 6.07) is 12.7. The van der Waals surface area contributed by atoms with Crippen molar-refractivity contribution in [3.8, 4) is 0 Å². The number of benzene rings is 2. The van der Waals surface area contributed by atoms with Crippen LogP contribution in [0.3, 0.4) is 0 Å². The fourth-order valence-corrected chi connectivity index (χ4v) is 3.86. The second-order valence-electron chi connectivity index (χ2n) is 6.83. The van der Waals surface area contributed by atoms with Gasteiger partial charge in [0.05, 0.1) is 10.6 Å². The van der Waals surface area contributed by atoms with Gasteiger partial charge in [0.2, 0.25) is 0 Å². The van der Waals surface area contributed by atoms with Gasteiger partial charge in [-0.1, -0.05) is 53.2 Å². The Hall–Kier alpha value is -2.93. The normalized spacial score (nSPS) is 10.8. The van der Waals surface area contributed by atoms with Gasteiger partial charge in [0.1, 0.15) is 0 Å². The average Bonchev–Trinajstić information content (AvgIpc) is 2.63. The number of thioether (sulfide) groups is 1. The molecule has 0 amide bonds. The highest BCUT2D eigenvalue weighted by Gasteiger charge is 2.11. The molecule has 0 fully saturated rings. The molecule has 144 valence electrons. The van der Waals surface area contributed by atoms with Crippen LogP contribution in [0.4, 0.5) is 5.69 Å². The summed E-state index contributed by atoms with van der Waals surface area (Å²) in [6.45, 7) is 5.90. The van der Waals surface area contributed by atoms with Crippen LogP contribution >= 0.6 is 11.8 Å². The van der Waals surface area contributed by atoms with E-state index in [1.165, 1.54) is 35.0 Å². The van der Waals surface area contributed by atoms with Crippen molar-refractivity contribution in [3.63, 3.8) is 0 Å². The smallest absolute Gasteiger partial charge is 0.269 e. The number of aromatic amines is 1. The first-order valence-electron chi connectivity index (χ1n) is 8.85. The fraction of sp³-hybridized carbons (Fsp3) is 0.238. The predicted molar refractivity (Wildman–Crippen MR) is 111 cm³/mol. The molecule has 0 aliphatic carbocycles. The summed E-state index contributed by atoms with van der Waals surface area (Å²) in [5.74, 6) is 0.562. The maximum Gasteiger partial charge on any atom is 0.269 e. The summed E-state index contributed by atoms with van der Waals surface area (Å²) in [5.41, 5.74) is 5.74. The maximum absolute atomic E-state index is 12.3. The molecule has 3 rings (SSSR count). The number of H-pyrrole nitrogens is 1. The Morgan fingerprint density at radius 3 is 2.29 bits per heavy atom. The minimum Gasteiger partial charge on any atom is -0.301 e. The Morgan fingerprint density at radius 2 is 1.68 bits per heavy atom. The number of hydrogen-bond donors (Lipinski definition) is 1. The summed E-state index contributed by atoms with van der Waals surface area (Å²) >= 11 is 1.41. The first-order chi connectivity index (χ1) is 13.3. The molecule has 0 saturated heterocycles. The Labute approximate surface area is 167 Å². The molecule has 1 aromatic heterocycles. The monoisotopic (exact) mass is 395 g/mol. The van der Waals surface area contributed by atoms with E-state index in [0.29, 0.717) is 22.9 Å². The van der Waals surface area contributed by atoms with Crippen molar-refractivity contribution < 1.29 is 4.92 Å². The summed E-state index contributed by atoms with van der Waals surface area (Å²) in [5, 5.41) is 11.3. The van der Waals surface area contributed by atoms with Gasteiger partial charge in [0.25, 0.3) is 11.2 Å². The number of nitrogens with zero attached hydrogens (tertiary/aromatic N) is 2. The minimum absolute atomic E-state index is 0.0614. The van der Waals surface area contributed by atoms with E-state index in [4.69, 9.17) is 0 Å². The van der Waals surface area contributed by atoms with Gasteiger partial charge in [-0.25, -0.2) is 4.98 Å². The SMILES string of the molecule is Cc1cc(C)cc(Cc2nc(SCc3ccc([N+](=O)[O-])cc3)[nH]c(=O)c2C)c1. The Kier molecular flexibility index (Phi) is 5.94. The highest BCUT2D eigenvalue weighted by molar-refractivity contribution is 7.98. The molecule has 0 radical (unpaired) electrons. The standard InChI is InChI=1S/C21H21N3O3S/c1-13-8-14(2)10-17(9-13)11-19-15(3)20(25)23-21(22-19)28-12-16-4-6-18(7-5-16)24(26)27/h4-10H,11-12H2,1-3H3,(H,22,23,25). The van der Waals surface area contributed by atoms with Gasteiger partial charge < -0.3 is 4.98 Å². The molecule has 0 spiro atoms. The lowest BCUT2D eigenvalue weighted by molar-refractivity contribution is -0.384. The van der Waals surface area contributed by atoms with Crippen molar-refractivity contribution in [1.82, 2.24) is 9.97 Å². The molecule has 0 saturated carbocycles. The number of nitro benzene ring substituents is 1. The summed E-state index contributed by atoms with van der Waals surface area (Å²) < 4.78 is 0. The number of nitro groups is 1.